The Morgan fingerprint density at radius 2 is 1.57 bits per heavy atom. The van der Waals surface area contributed by atoms with E-state index in [1.165, 1.54) is 24.0 Å². The van der Waals surface area contributed by atoms with Crippen LogP contribution in [0.5, 0.6) is 0 Å². The lowest BCUT2D eigenvalue weighted by atomic mass is 10.0. The molecule has 37 heavy (non-hydrogen) atoms. The third-order valence-corrected chi connectivity index (χ3v) is 6.15. The first-order valence-corrected chi connectivity index (χ1v) is 13.1. The zero-order valence-corrected chi connectivity index (χ0v) is 22.0. The van der Waals surface area contributed by atoms with E-state index in [0.29, 0.717) is 13.0 Å². The molecule has 4 N–H and O–H groups in total. The van der Waals surface area contributed by atoms with Crippen molar-refractivity contribution in [3.63, 3.8) is 0 Å². The van der Waals surface area contributed by atoms with E-state index in [4.69, 9.17) is 0 Å². The summed E-state index contributed by atoms with van der Waals surface area (Å²) in [7, 11) is 2.01. The number of carboxylic acid groups (broad SMARTS) is 1. The maximum absolute atomic E-state index is 11.3. The smallest absolute Gasteiger partial charge is 0.304 e. The van der Waals surface area contributed by atoms with Crippen molar-refractivity contribution in [2.75, 3.05) is 20.1 Å². The van der Waals surface area contributed by atoms with Gasteiger partial charge in [-0.15, -0.1) is 0 Å². The normalized spacial score (nSPS) is 11.8. The van der Waals surface area contributed by atoms with Crippen LogP contribution in [0.3, 0.4) is 0 Å². The monoisotopic (exact) mass is 500 g/mol. The number of H-pyrrole nitrogens is 1. The molecule has 0 radical (unpaired) electrons. The predicted molar refractivity (Wildman–Crippen MR) is 152 cm³/mol. The number of aromatic amines is 1. The highest BCUT2D eigenvalue weighted by molar-refractivity contribution is 5.83. The van der Waals surface area contributed by atoms with Gasteiger partial charge in [0.25, 0.3) is 0 Å². The summed E-state index contributed by atoms with van der Waals surface area (Å²) in [6, 6.07) is 28.8. The molecule has 6 nitrogen and oxygen atoms in total. The summed E-state index contributed by atoms with van der Waals surface area (Å²) in [6.07, 6.45) is 5.20. The second-order valence-electron chi connectivity index (χ2n) is 9.30. The molecule has 0 spiro atoms. The van der Waals surface area contributed by atoms with Crippen LogP contribution >= 0.6 is 0 Å². The zero-order chi connectivity index (χ0) is 26.3. The lowest BCUT2D eigenvalue weighted by Crippen LogP contribution is -2.42. The first kappa shape index (κ1) is 28.1. The van der Waals surface area contributed by atoms with Crippen LogP contribution in [0.25, 0.3) is 10.9 Å². The van der Waals surface area contributed by atoms with Gasteiger partial charge in [0, 0.05) is 49.8 Å². The number of aryl methyl sites for hydroxylation is 1. The molecule has 0 fully saturated rings. The maximum atomic E-state index is 11.3. The van der Waals surface area contributed by atoms with Gasteiger partial charge in [0.05, 0.1) is 6.42 Å². The molecule has 0 aliphatic rings. The topological polar surface area (TPSA) is 80.4 Å². The number of carbonyl (C=O) groups is 1. The van der Waals surface area contributed by atoms with Crippen LogP contribution in [0, 0.1) is 0 Å². The van der Waals surface area contributed by atoms with Gasteiger partial charge < -0.3 is 15.4 Å². The number of carboxylic acids is 1. The maximum Gasteiger partial charge on any atom is 0.304 e. The zero-order valence-electron chi connectivity index (χ0n) is 22.0. The molecule has 0 aliphatic heterocycles. The number of fused-ring (bicyclic) bond motifs is 1. The number of para-hydroxylation sites is 1. The van der Waals surface area contributed by atoms with Crippen LogP contribution in [0.2, 0.25) is 0 Å². The summed E-state index contributed by atoms with van der Waals surface area (Å²) in [5, 5.41) is 15.9. The van der Waals surface area contributed by atoms with Crippen molar-refractivity contribution in [1.29, 1.82) is 0 Å². The summed E-state index contributed by atoms with van der Waals surface area (Å²) in [5.74, 6) is -0.786. The fourth-order valence-corrected chi connectivity index (χ4v) is 4.36. The molecule has 196 valence electrons. The molecular formula is C31H40N4O2. The molecule has 1 heterocycles. The van der Waals surface area contributed by atoms with Gasteiger partial charge >= 0.3 is 5.97 Å². The number of hydrogen-bond donors (Lipinski definition) is 4. The third-order valence-electron chi connectivity index (χ3n) is 6.15. The fraction of sp³-hybridized carbons (Fsp3) is 0.323. The van der Waals surface area contributed by atoms with Crippen LogP contribution in [0.1, 0.15) is 36.5 Å². The van der Waals surface area contributed by atoms with Gasteiger partial charge in [0.1, 0.15) is 0 Å². The van der Waals surface area contributed by atoms with Gasteiger partial charge in [-0.1, -0.05) is 92.2 Å². The quantitative estimate of drug-likeness (QED) is 0.146. The first-order valence-electron chi connectivity index (χ1n) is 13.1. The van der Waals surface area contributed by atoms with Gasteiger partial charge in [-0.3, -0.25) is 10.2 Å². The number of nitrogens with zero attached hydrogens (tertiary/aromatic N) is 1. The van der Waals surface area contributed by atoms with Crippen molar-refractivity contribution >= 4 is 16.9 Å². The van der Waals surface area contributed by atoms with Crippen LogP contribution in [0.15, 0.2) is 91.1 Å². The van der Waals surface area contributed by atoms with Gasteiger partial charge in [-0.2, -0.15) is 0 Å². The summed E-state index contributed by atoms with van der Waals surface area (Å²) in [6.45, 7) is 4.44. The minimum atomic E-state index is -0.786. The molecule has 0 saturated heterocycles. The molecule has 4 aromatic rings. The van der Waals surface area contributed by atoms with Gasteiger partial charge in [0.2, 0.25) is 0 Å². The minimum Gasteiger partial charge on any atom is -0.481 e. The largest absolute Gasteiger partial charge is 0.481 e. The third kappa shape index (κ3) is 10.2. The number of aromatic nitrogens is 1. The first-order chi connectivity index (χ1) is 18.0. The lowest BCUT2D eigenvalue weighted by Gasteiger charge is -2.21. The van der Waals surface area contributed by atoms with Crippen LogP contribution < -0.4 is 10.7 Å². The summed E-state index contributed by atoms with van der Waals surface area (Å²) in [5.41, 5.74) is 8.26. The van der Waals surface area contributed by atoms with E-state index in [1.54, 1.807) is 0 Å². The SMILES string of the molecule is CCCc1ccccc1.CN(Cc1ccccc1)NCCN[C@H](CC(=O)O)Cc1c[nH]c2ccccc12. The molecule has 0 unspecified atom stereocenters. The molecule has 0 saturated carbocycles. The minimum absolute atomic E-state index is 0.0966. The highest BCUT2D eigenvalue weighted by Crippen LogP contribution is 2.19. The van der Waals surface area contributed by atoms with E-state index in [0.717, 1.165) is 29.6 Å². The summed E-state index contributed by atoms with van der Waals surface area (Å²) in [4.78, 5) is 14.5. The van der Waals surface area contributed by atoms with Gasteiger partial charge in [-0.25, -0.2) is 5.01 Å². The molecule has 1 aromatic heterocycles. The molecule has 0 aliphatic carbocycles. The Morgan fingerprint density at radius 1 is 0.919 bits per heavy atom. The number of aliphatic carboxylic acids is 1. The predicted octanol–water partition coefficient (Wildman–Crippen LogP) is 5.42. The Morgan fingerprint density at radius 3 is 2.24 bits per heavy atom. The second kappa shape index (κ2) is 15.6. The van der Waals surface area contributed by atoms with E-state index in [9.17, 15) is 9.90 Å². The van der Waals surface area contributed by atoms with E-state index in [1.807, 2.05) is 54.7 Å². The van der Waals surface area contributed by atoms with Crippen molar-refractivity contribution in [2.45, 2.75) is 45.2 Å². The van der Waals surface area contributed by atoms with Gasteiger partial charge in [0.15, 0.2) is 0 Å². The Hall–Kier alpha value is -3.45. The molecule has 1 atom stereocenters. The standard InChI is InChI=1S/C22H28N4O2.C9H12/c1-26(16-17-7-3-2-4-8-17)25-12-11-23-19(14-22(27)28)13-18-15-24-21-10-6-5-9-20(18)21;1-2-6-9-7-4-3-5-8-9/h2-10,15,19,23-25H,11-14,16H2,1H3,(H,27,28);3-5,7-8H,2,6H2,1H3/t19-;/m0./s1. The summed E-state index contributed by atoms with van der Waals surface area (Å²) >= 11 is 0. The Kier molecular flexibility index (Phi) is 11.9. The number of hydrogen-bond acceptors (Lipinski definition) is 4. The highest BCUT2D eigenvalue weighted by atomic mass is 16.4. The van der Waals surface area contributed by atoms with Crippen LogP contribution in [-0.2, 0) is 24.2 Å². The molecule has 0 bridgehead atoms. The highest BCUT2D eigenvalue weighted by Gasteiger charge is 2.15. The molecule has 6 heteroatoms. The number of hydrazine groups is 1. The van der Waals surface area contributed by atoms with E-state index in [-0.39, 0.29) is 12.5 Å². The van der Waals surface area contributed by atoms with Crippen molar-refractivity contribution in [1.82, 2.24) is 20.7 Å². The van der Waals surface area contributed by atoms with Gasteiger partial charge in [-0.05, 0) is 35.6 Å². The van der Waals surface area contributed by atoms with Crippen LogP contribution in [0.4, 0.5) is 0 Å². The van der Waals surface area contributed by atoms with Crippen LogP contribution in [-0.4, -0.2) is 47.2 Å². The number of nitrogens with one attached hydrogen (secondary N) is 3. The van der Waals surface area contributed by atoms with E-state index in [2.05, 4.69) is 71.2 Å². The summed E-state index contributed by atoms with van der Waals surface area (Å²) < 4.78 is 0. The van der Waals surface area contributed by atoms with E-state index >= 15 is 0 Å². The Labute approximate surface area is 220 Å². The molecular weight excluding hydrogens is 460 g/mol. The Balaban J connectivity index is 0.000000356. The number of rotatable bonds is 13. The molecule has 3 aromatic carbocycles. The average molecular weight is 501 g/mol. The Bertz CT molecular complexity index is 1180. The van der Waals surface area contributed by atoms with Crippen molar-refractivity contribution < 1.29 is 9.90 Å². The second-order valence-corrected chi connectivity index (χ2v) is 9.30. The average Bonchev–Trinajstić information content (AvgIpc) is 3.31. The lowest BCUT2D eigenvalue weighted by molar-refractivity contribution is -0.137. The van der Waals surface area contributed by atoms with Crippen molar-refractivity contribution in [3.8, 4) is 0 Å². The number of benzene rings is 3. The fourth-order valence-electron chi connectivity index (χ4n) is 4.36. The molecule has 4 rings (SSSR count). The molecule has 0 amide bonds. The van der Waals surface area contributed by atoms with Crippen molar-refractivity contribution in [3.05, 3.63) is 108 Å². The van der Waals surface area contributed by atoms with Crippen molar-refractivity contribution in [2.24, 2.45) is 0 Å². The van der Waals surface area contributed by atoms with E-state index < -0.39 is 5.97 Å².